The molecule has 1 aliphatic heterocycles. The maximum atomic E-state index is 12.5. The summed E-state index contributed by atoms with van der Waals surface area (Å²) in [5.74, 6) is 1.59. The van der Waals surface area contributed by atoms with E-state index in [1.807, 2.05) is 17.0 Å². The van der Waals surface area contributed by atoms with Crippen molar-refractivity contribution in [1.29, 1.82) is 0 Å². The minimum Gasteiger partial charge on any atom is -0.492 e. The highest BCUT2D eigenvalue weighted by atomic mass is 19.3. The van der Waals surface area contributed by atoms with Crippen molar-refractivity contribution < 1.29 is 13.5 Å². The Morgan fingerprint density at radius 2 is 2.00 bits per heavy atom. The molecule has 0 aromatic heterocycles. The first-order valence-electron chi connectivity index (χ1n) is 9.99. The summed E-state index contributed by atoms with van der Waals surface area (Å²) < 4.78 is 30.8. The van der Waals surface area contributed by atoms with E-state index in [2.05, 4.69) is 48.5 Å². The van der Waals surface area contributed by atoms with Crippen molar-refractivity contribution in [3.63, 3.8) is 0 Å². The third-order valence-electron chi connectivity index (χ3n) is 4.91. The number of benzene rings is 1. The second-order valence-electron chi connectivity index (χ2n) is 8.24. The van der Waals surface area contributed by atoms with Crippen LogP contribution in [-0.4, -0.2) is 63.2 Å². The van der Waals surface area contributed by atoms with Crippen LogP contribution in [0.4, 0.5) is 8.78 Å². The van der Waals surface area contributed by atoms with E-state index in [4.69, 9.17) is 4.74 Å². The van der Waals surface area contributed by atoms with Crippen molar-refractivity contribution in [1.82, 2.24) is 15.5 Å². The first-order valence-corrected chi connectivity index (χ1v) is 9.99. The molecule has 0 amide bonds. The highest BCUT2D eigenvalue weighted by molar-refractivity contribution is 5.79. The van der Waals surface area contributed by atoms with Gasteiger partial charge < -0.3 is 15.4 Å². The lowest BCUT2D eigenvalue weighted by Crippen LogP contribution is -2.49. The zero-order valence-corrected chi connectivity index (χ0v) is 17.5. The molecule has 0 atom stereocenters. The Morgan fingerprint density at radius 1 is 1.29 bits per heavy atom. The van der Waals surface area contributed by atoms with Gasteiger partial charge in [-0.1, -0.05) is 32.9 Å². The molecular weight excluding hydrogens is 362 g/mol. The number of aliphatic imine (C=N–C) groups is 1. The van der Waals surface area contributed by atoms with Crippen LogP contribution in [0.3, 0.4) is 0 Å². The molecule has 5 nitrogen and oxygen atoms in total. The van der Waals surface area contributed by atoms with Crippen LogP contribution in [0, 0.1) is 0 Å². The lowest BCUT2D eigenvalue weighted by Gasteiger charge is -2.32. The predicted molar refractivity (Wildman–Crippen MR) is 111 cm³/mol. The summed E-state index contributed by atoms with van der Waals surface area (Å²) in [5.41, 5.74) is 1.34. The largest absolute Gasteiger partial charge is 0.492 e. The Kier molecular flexibility index (Phi) is 8.48. The summed E-state index contributed by atoms with van der Waals surface area (Å²) in [6, 6.07) is 8.44. The van der Waals surface area contributed by atoms with Crippen LogP contribution < -0.4 is 15.4 Å². The third-order valence-corrected chi connectivity index (χ3v) is 4.91. The monoisotopic (exact) mass is 396 g/mol. The normalized spacial score (nSPS) is 17.0. The Labute approximate surface area is 167 Å². The number of nitrogens with one attached hydrogen (secondary N) is 2. The van der Waals surface area contributed by atoms with Gasteiger partial charge in [-0.15, -0.1) is 0 Å². The molecule has 1 saturated heterocycles. The number of piperidine rings is 1. The predicted octanol–water partition coefficient (Wildman–Crippen LogP) is 3.26. The Bertz CT molecular complexity index is 623. The molecule has 1 fully saturated rings. The van der Waals surface area contributed by atoms with E-state index in [9.17, 15) is 8.78 Å². The van der Waals surface area contributed by atoms with Gasteiger partial charge in [-0.2, -0.15) is 0 Å². The van der Waals surface area contributed by atoms with Gasteiger partial charge in [0.1, 0.15) is 12.4 Å². The molecular formula is C21H34F2N4O. The van der Waals surface area contributed by atoms with Crippen molar-refractivity contribution in [2.24, 2.45) is 4.99 Å². The van der Waals surface area contributed by atoms with E-state index in [0.717, 1.165) is 24.6 Å². The molecule has 0 radical (unpaired) electrons. The molecule has 158 valence electrons. The van der Waals surface area contributed by atoms with Gasteiger partial charge in [-0.05, 0) is 36.0 Å². The fraction of sp³-hybridized carbons (Fsp3) is 0.667. The molecule has 0 saturated carbocycles. The molecule has 1 aromatic carbocycles. The molecule has 7 heteroatoms. The number of alkyl halides is 2. The van der Waals surface area contributed by atoms with Crippen LogP contribution in [0.2, 0.25) is 0 Å². The van der Waals surface area contributed by atoms with Gasteiger partial charge in [0.2, 0.25) is 0 Å². The standard InChI is InChI=1S/C21H34F2N4O/c1-21(2,3)16-6-5-7-18(14-16)28-13-10-25-20(24-4)26-17-8-11-27(12-9-17)15-19(22)23/h5-7,14,17,19H,8-13,15H2,1-4H3,(H2,24,25,26). The molecule has 1 heterocycles. The molecule has 1 aromatic rings. The fourth-order valence-electron chi connectivity index (χ4n) is 3.23. The molecule has 28 heavy (non-hydrogen) atoms. The summed E-state index contributed by atoms with van der Waals surface area (Å²) in [6.07, 6.45) is -0.587. The second-order valence-corrected chi connectivity index (χ2v) is 8.24. The number of hydrogen-bond donors (Lipinski definition) is 2. The fourth-order valence-corrected chi connectivity index (χ4v) is 3.23. The Hall–Kier alpha value is -1.89. The number of hydrogen-bond acceptors (Lipinski definition) is 3. The zero-order chi connectivity index (χ0) is 20.6. The molecule has 0 unspecified atom stereocenters. The Balaban J connectivity index is 1.69. The zero-order valence-electron chi connectivity index (χ0n) is 17.5. The van der Waals surface area contributed by atoms with Crippen LogP contribution in [-0.2, 0) is 5.41 Å². The van der Waals surface area contributed by atoms with Crippen molar-refractivity contribution in [2.75, 3.05) is 39.8 Å². The van der Waals surface area contributed by atoms with Crippen LogP contribution in [0.5, 0.6) is 5.75 Å². The third kappa shape index (κ3) is 7.62. The van der Waals surface area contributed by atoms with Crippen LogP contribution in [0.25, 0.3) is 0 Å². The minimum atomic E-state index is -2.26. The van der Waals surface area contributed by atoms with Gasteiger partial charge in [-0.3, -0.25) is 9.89 Å². The summed E-state index contributed by atoms with van der Waals surface area (Å²) in [6.45, 7) is 8.95. The van der Waals surface area contributed by atoms with E-state index in [1.54, 1.807) is 7.05 Å². The molecule has 0 spiro atoms. The highest BCUT2D eigenvalue weighted by Gasteiger charge is 2.22. The smallest absolute Gasteiger partial charge is 0.251 e. The molecule has 2 N–H and O–H groups in total. The first-order chi connectivity index (χ1) is 13.3. The molecule has 1 aliphatic rings. The van der Waals surface area contributed by atoms with Crippen molar-refractivity contribution in [2.45, 2.75) is 51.5 Å². The van der Waals surface area contributed by atoms with Gasteiger partial charge >= 0.3 is 0 Å². The lowest BCUT2D eigenvalue weighted by molar-refractivity contribution is 0.0744. The van der Waals surface area contributed by atoms with E-state index in [0.29, 0.717) is 26.2 Å². The second kappa shape index (κ2) is 10.6. The Morgan fingerprint density at radius 3 is 2.61 bits per heavy atom. The molecule has 0 aliphatic carbocycles. The number of nitrogens with zero attached hydrogens (tertiary/aromatic N) is 2. The van der Waals surface area contributed by atoms with Crippen molar-refractivity contribution in [3.05, 3.63) is 29.8 Å². The maximum Gasteiger partial charge on any atom is 0.251 e. The van der Waals surface area contributed by atoms with Gasteiger partial charge in [0, 0.05) is 26.2 Å². The summed E-state index contributed by atoms with van der Waals surface area (Å²) in [5, 5.41) is 6.63. The van der Waals surface area contributed by atoms with Crippen LogP contribution in [0.1, 0.15) is 39.2 Å². The topological polar surface area (TPSA) is 48.9 Å². The first kappa shape index (κ1) is 22.4. The average Bonchev–Trinajstić information content (AvgIpc) is 2.65. The number of guanidine groups is 1. The van der Waals surface area contributed by atoms with Gasteiger partial charge in [0.25, 0.3) is 6.43 Å². The van der Waals surface area contributed by atoms with E-state index in [-0.39, 0.29) is 18.0 Å². The van der Waals surface area contributed by atoms with E-state index in [1.165, 1.54) is 5.56 Å². The number of likely N-dealkylation sites (tertiary alicyclic amines) is 1. The number of rotatable bonds is 7. The summed E-state index contributed by atoms with van der Waals surface area (Å²) in [7, 11) is 1.73. The quantitative estimate of drug-likeness (QED) is 0.422. The average molecular weight is 397 g/mol. The number of halogens is 2. The molecule has 0 bridgehead atoms. The maximum absolute atomic E-state index is 12.5. The number of ether oxygens (including phenoxy) is 1. The lowest BCUT2D eigenvalue weighted by atomic mass is 9.87. The van der Waals surface area contributed by atoms with E-state index < -0.39 is 6.43 Å². The van der Waals surface area contributed by atoms with Crippen molar-refractivity contribution >= 4 is 5.96 Å². The van der Waals surface area contributed by atoms with Crippen molar-refractivity contribution in [3.8, 4) is 5.75 Å². The minimum absolute atomic E-state index is 0.0917. The van der Waals surface area contributed by atoms with Gasteiger partial charge in [0.05, 0.1) is 13.1 Å². The highest BCUT2D eigenvalue weighted by Crippen LogP contribution is 2.25. The van der Waals surface area contributed by atoms with Gasteiger partial charge in [0.15, 0.2) is 5.96 Å². The summed E-state index contributed by atoms with van der Waals surface area (Å²) in [4.78, 5) is 6.06. The van der Waals surface area contributed by atoms with E-state index >= 15 is 0 Å². The summed E-state index contributed by atoms with van der Waals surface area (Å²) >= 11 is 0. The molecule has 2 rings (SSSR count). The van der Waals surface area contributed by atoms with Crippen LogP contribution >= 0.6 is 0 Å². The van der Waals surface area contributed by atoms with Gasteiger partial charge in [-0.25, -0.2) is 8.78 Å². The SMILES string of the molecule is CN=C(NCCOc1cccc(C(C)(C)C)c1)NC1CCN(CC(F)F)CC1. The van der Waals surface area contributed by atoms with Crippen LogP contribution in [0.15, 0.2) is 29.3 Å².